The molecule has 0 radical (unpaired) electrons. The van der Waals surface area contributed by atoms with Gasteiger partial charge in [0.2, 0.25) is 11.7 Å². The highest BCUT2D eigenvalue weighted by Gasteiger charge is 2.09. The molecule has 1 aromatic heterocycles. The first-order valence-corrected chi connectivity index (χ1v) is 5.01. The number of ether oxygens (including phenoxy) is 1. The standard InChI is InChI=1S/C11H13N3O2/c1-3-10-13-11(14-16-10)7-4-5-9(15-2)8(12)6-7/h4-6H,3,12H2,1-2H3. The zero-order chi connectivity index (χ0) is 11.5. The Morgan fingerprint density at radius 2 is 2.25 bits per heavy atom. The highest BCUT2D eigenvalue weighted by Crippen LogP contribution is 2.26. The maximum absolute atomic E-state index is 5.80. The van der Waals surface area contributed by atoms with Crippen molar-refractivity contribution in [1.29, 1.82) is 0 Å². The fraction of sp³-hybridized carbons (Fsp3) is 0.273. The van der Waals surface area contributed by atoms with Crippen LogP contribution in [0.1, 0.15) is 12.8 Å². The highest BCUT2D eigenvalue weighted by atomic mass is 16.5. The Morgan fingerprint density at radius 3 is 2.81 bits per heavy atom. The Balaban J connectivity index is 2.37. The third kappa shape index (κ3) is 1.84. The number of benzene rings is 1. The summed E-state index contributed by atoms with van der Waals surface area (Å²) in [5, 5.41) is 3.87. The van der Waals surface area contributed by atoms with Gasteiger partial charge in [0, 0.05) is 12.0 Å². The summed E-state index contributed by atoms with van der Waals surface area (Å²) >= 11 is 0. The molecule has 0 aliphatic carbocycles. The quantitative estimate of drug-likeness (QED) is 0.798. The van der Waals surface area contributed by atoms with E-state index in [1.807, 2.05) is 13.0 Å². The molecule has 0 fully saturated rings. The summed E-state index contributed by atoms with van der Waals surface area (Å²) in [6.45, 7) is 1.96. The molecule has 2 rings (SSSR count). The van der Waals surface area contributed by atoms with Gasteiger partial charge in [-0.3, -0.25) is 0 Å². The van der Waals surface area contributed by atoms with Crippen molar-refractivity contribution in [3.05, 3.63) is 24.1 Å². The van der Waals surface area contributed by atoms with E-state index in [1.54, 1.807) is 19.2 Å². The third-order valence-electron chi connectivity index (χ3n) is 2.26. The van der Waals surface area contributed by atoms with Crippen molar-refractivity contribution >= 4 is 5.69 Å². The van der Waals surface area contributed by atoms with Gasteiger partial charge in [-0.15, -0.1) is 0 Å². The number of rotatable bonds is 3. The summed E-state index contributed by atoms with van der Waals surface area (Å²) in [7, 11) is 1.58. The summed E-state index contributed by atoms with van der Waals surface area (Å²) in [4.78, 5) is 4.22. The van der Waals surface area contributed by atoms with Crippen LogP contribution < -0.4 is 10.5 Å². The number of anilines is 1. The van der Waals surface area contributed by atoms with Crippen LogP contribution in [0.2, 0.25) is 0 Å². The van der Waals surface area contributed by atoms with Crippen molar-refractivity contribution in [2.24, 2.45) is 0 Å². The highest BCUT2D eigenvalue weighted by molar-refractivity contribution is 5.65. The van der Waals surface area contributed by atoms with Crippen LogP contribution in [-0.4, -0.2) is 17.3 Å². The average molecular weight is 219 g/mol. The lowest BCUT2D eigenvalue weighted by Crippen LogP contribution is -1.93. The molecular weight excluding hydrogens is 206 g/mol. The number of nitrogens with zero attached hydrogens (tertiary/aromatic N) is 2. The van der Waals surface area contributed by atoms with E-state index in [0.717, 1.165) is 12.0 Å². The predicted octanol–water partition coefficient (Wildman–Crippen LogP) is 1.89. The lowest BCUT2D eigenvalue weighted by Gasteiger charge is -2.04. The maximum Gasteiger partial charge on any atom is 0.226 e. The summed E-state index contributed by atoms with van der Waals surface area (Å²) < 4.78 is 10.1. The molecule has 1 aromatic carbocycles. The van der Waals surface area contributed by atoms with Crippen LogP contribution in [-0.2, 0) is 6.42 Å². The van der Waals surface area contributed by atoms with E-state index in [0.29, 0.717) is 23.2 Å². The largest absolute Gasteiger partial charge is 0.495 e. The Bertz CT molecular complexity index is 494. The van der Waals surface area contributed by atoms with Gasteiger partial charge in [-0.25, -0.2) is 0 Å². The molecular formula is C11H13N3O2. The number of aromatic nitrogens is 2. The average Bonchev–Trinajstić information content (AvgIpc) is 2.77. The van der Waals surface area contributed by atoms with Crippen LogP contribution in [0.4, 0.5) is 5.69 Å². The number of aryl methyl sites for hydroxylation is 1. The molecule has 0 unspecified atom stereocenters. The van der Waals surface area contributed by atoms with Crippen LogP contribution in [0.15, 0.2) is 22.7 Å². The van der Waals surface area contributed by atoms with E-state index in [4.69, 9.17) is 15.0 Å². The minimum absolute atomic E-state index is 0.547. The van der Waals surface area contributed by atoms with Crippen LogP contribution in [0, 0.1) is 0 Å². The second-order valence-electron chi connectivity index (χ2n) is 3.32. The molecule has 0 saturated heterocycles. The van der Waals surface area contributed by atoms with Crippen molar-refractivity contribution in [3.8, 4) is 17.1 Å². The molecule has 1 heterocycles. The van der Waals surface area contributed by atoms with Gasteiger partial charge >= 0.3 is 0 Å². The molecule has 0 aliphatic heterocycles. The molecule has 0 amide bonds. The van der Waals surface area contributed by atoms with Crippen molar-refractivity contribution in [2.75, 3.05) is 12.8 Å². The van der Waals surface area contributed by atoms with E-state index < -0.39 is 0 Å². The zero-order valence-electron chi connectivity index (χ0n) is 9.23. The SMILES string of the molecule is CCc1nc(-c2ccc(OC)c(N)c2)no1. The van der Waals surface area contributed by atoms with Crippen LogP contribution in [0.3, 0.4) is 0 Å². The van der Waals surface area contributed by atoms with Gasteiger partial charge in [0.15, 0.2) is 0 Å². The van der Waals surface area contributed by atoms with Gasteiger partial charge in [0.25, 0.3) is 0 Å². The molecule has 0 saturated carbocycles. The van der Waals surface area contributed by atoms with Crippen LogP contribution in [0.25, 0.3) is 11.4 Å². The summed E-state index contributed by atoms with van der Waals surface area (Å²) in [6.07, 6.45) is 0.721. The first-order chi connectivity index (χ1) is 7.74. The van der Waals surface area contributed by atoms with Crippen LogP contribution in [0.5, 0.6) is 5.75 Å². The summed E-state index contributed by atoms with van der Waals surface area (Å²) in [5.74, 6) is 1.80. The van der Waals surface area contributed by atoms with Gasteiger partial charge in [0.1, 0.15) is 5.75 Å². The Kier molecular flexibility index (Phi) is 2.76. The molecule has 16 heavy (non-hydrogen) atoms. The lowest BCUT2D eigenvalue weighted by atomic mass is 10.2. The van der Waals surface area contributed by atoms with E-state index in [1.165, 1.54) is 0 Å². The first kappa shape index (κ1) is 10.5. The normalized spacial score (nSPS) is 10.4. The number of hydrogen-bond donors (Lipinski definition) is 1. The fourth-order valence-electron chi connectivity index (χ4n) is 1.39. The number of hydrogen-bond acceptors (Lipinski definition) is 5. The van der Waals surface area contributed by atoms with Crippen LogP contribution >= 0.6 is 0 Å². The predicted molar refractivity (Wildman–Crippen MR) is 60.1 cm³/mol. The molecule has 5 heteroatoms. The van der Waals surface area contributed by atoms with Gasteiger partial charge in [-0.05, 0) is 18.2 Å². The second kappa shape index (κ2) is 4.22. The van der Waals surface area contributed by atoms with Crippen molar-refractivity contribution in [3.63, 3.8) is 0 Å². The Morgan fingerprint density at radius 1 is 1.44 bits per heavy atom. The lowest BCUT2D eigenvalue weighted by molar-refractivity contribution is 0.383. The number of nitrogens with two attached hydrogens (primary N) is 1. The molecule has 0 bridgehead atoms. The van der Waals surface area contributed by atoms with Crippen molar-refractivity contribution < 1.29 is 9.26 Å². The zero-order valence-corrected chi connectivity index (χ0v) is 9.23. The minimum atomic E-state index is 0.547. The topological polar surface area (TPSA) is 74.2 Å². The number of nitrogen functional groups attached to an aromatic ring is 1. The minimum Gasteiger partial charge on any atom is -0.495 e. The fourth-order valence-corrected chi connectivity index (χ4v) is 1.39. The van der Waals surface area contributed by atoms with E-state index in [2.05, 4.69) is 10.1 Å². The summed E-state index contributed by atoms with van der Waals surface area (Å²) in [6, 6.07) is 5.40. The Hall–Kier alpha value is -2.04. The van der Waals surface area contributed by atoms with Crippen molar-refractivity contribution in [1.82, 2.24) is 10.1 Å². The second-order valence-corrected chi connectivity index (χ2v) is 3.32. The maximum atomic E-state index is 5.80. The Labute approximate surface area is 93.2 Å². The molecule has 0 atom stereocenters. The van der Waals surface area contributed by atoms with Crippen molar-refractivity contribution in [2.45, 2.75) is 13.3 Å². The van der Waals surface area contributed by atoms with E-state index >= 15 is 0 Å². The molecule has 2 aromatic rings. The smallest absolute Gasteiger partial charge is 0.226 e. The van der Waals surface area contributed by atoms with Gasteiger partial charge in [0.05, 0.1) is 12.8 Å². The van der Waals surface area contributed by atoms with E-state index in [9.17, 15) is 0 Å². The monoisotopic (exact) mass is 219 g/mol. The van der Waals surface area contributed by atoms with Gasteiger partial charge in [-0.1, -0.05) is 12.1 Å². The van der Waals surface area contributed by atoms with E-state index in [-0.39, 0.29) is 0 Å². The van der Waals surface area contributed by atoms with Gasteiger partial charge in [-0.2, -0.15) is 4.98 Å². The molecule has 84 valence electrons. The molecule has 5 nitrogen and oxygen atoms in total. The molecule has 0 aliphatic rings. The van der Waals surface area contributed by atoms with Gasteiger partial charge < -0.3 is 15.0 Å². The first-order valence-electron chi connectivity index (χ1n) is 5.01. The molecule has 0 spiro atoms. The summed E-state index contributed by atoms with van der Waals surface area (Å²) in [5.41, 5.74) is 7.18. The third-order valence-corrected chi connectivity index (χ3v) is 2.26. The number of methoxy groups -OCH3 is 1. The molecule has 2 N–H and O–H groups in total.